The summed E-state index contributed by atoms with van der Waals surface area (Å²) in [7, 11) is 0. The van der Waals surface area contributed by atoms with E-state index in [1.807, 2.05) is 23.1 Å². The molecule has 0 radical (unpaired) electrons. The zero-order valence-corrected chi connectivity index (χ0v) is 24.6. The minimum absolute atomic E-state index is 0.0138. The molecule has 0 spiro atoms. The fourth-order valence-corrected chi connectivity index (χ4v) is 6.29. The molecule has 0 saturated carbocycles. The van der Waals surface area contributed by atoms with Crippen LogP contribution in [0, 0.1) is 5.41 Å². The summed E-state index contributed by atoms with van der Waals surface area (Å²) in [5.41, 5.74) is 8.75. The van der Waals surface area contributed by atoms with Gasteiger partial charge in [-0.15, -0.1) is 0 Å². The molecule has 4 rings (SSSR count). The third kappa shape index (κ3) is 7.67. The quantitative estimate of drug-likeness (QED) is 0.148. The van der Waals surface area contributed by atoms with E-state index >= 15 is 0 Å². The SMILES string of the molecule is CCOC(=O)CCCN[C@H]1CCCCN(CC(=O)N2CCC[C@H]2CCc2cc3ccc(C(=N)N)cc3n2CC)C1=O. The lowest BCUT2D eigenvalue weighted by Crippen LogP contribution is -2.50. The monoisotopic (exact) mass is 566 g/mol. The van der Waals surface area contributed by atoms with Crippen LogP contribution in [0.25, 0.3) is 10.9 Å². The number of aryl methyl sites for hydroxylation is 2. The summed E-state index contributed by atoms with van der Waals surface area (Å²) >= 11 is 0. The number of likely N-dealkylation sites (tertiary alicyclic amines) is 2. The maximum atomic E-state index is 13.5. The van der Waals surface area contributed by atoms with Crippen molar-refractivity contribution in [2.45, 2.75) is 90.3 Å². The van der Waals surface area contributed by atoms with Gasteiger partial charge in [0, 0.05) is 48.9 Å². The van der Waals surface area contributed by atoms with Gasteiger partial charge in [-0.05, 0) is 89.3 Å². The first-order valence-electron chi connectivity index (χ1n) is 15.3. The van der Waals surface area contributed by atoms with Crippen LogP contribution in [0.3, 0.4) is 0 Å². The molecule has 2 amide bonds. The number of benzene rings is 1. The van der Waals surface area contributed by atoms with Crippen LogP contribution in [0.2, 0.25) is 0 Å². The van der Waals surface area contributed by atoms with E-state index in [2.05, 4.69) is 22.9 Å². The number of hydrogen-bond acceptors (Lipinski definition) is 6. The van der Waals surface area contributed by atoms with Gasteiger partial charge >= 0.3 is 5.97 Å². The lowest BCUT2D eigenvalue weighted by atomic mass is 10.1. The van der Waals surface area contributed by atoms with Crippen molar-refractivity contribution in [3.8, 4) is 0 Å². The minimum atomic E-state index is -0.318. The number of esters is 1. The van der Waals surface area contributed by atoms with Gasteiger partial charge in [0.05, 0.1) is 19.2 Å². The standard InChI is InChI=1S/C31H46N6O4/c1-3-36-25(19-22-12-13-23(30(32)33)20-27(22)36)15-14-24-9-8-18-37(24)28(38)21-35-17-6-5-10-26(31(35)40)34-16-7-11-29(39)41-4-2/h12-13,19-20,24,26,34H,3-11,14-18,21H2,1-2H3,(H3,32,33)/t24-,26-/m0/s1. The van der Waals surface area contributed by atoms with Gasteiger partial charge in [0.15, 0.2) is 0 Å². The molecular weight excluding hydrogens is 520 g/mol. The van der Waals surface area contributed by atoms with Gasteiger partial charge in [-0.2, -0.15) is 0 Å². The Morgan fingerprint density at radius 1 is 1.12 bits per heavy atom. The number of aromatic nitrogens is 1. The molecule has 10 heteroatoms. The van der Waals surface area contributed by atoms with E-state index in [-0.39, 0.29) is 42.2 Å². The number of nitrogen functional groups attached to an aromatic ring is 1. The summed E-state index contributed by atoms with van der Waals surface area (Å²) in [6.07, 6.45) is 7.19. The Labute approximate surface area is 243 Å². The molecule has 41 heavy (non-hydrogen) atoms. The Bertz CT molecular complexity index is 1240. The number of amidine groups is 1. The zero-order valence-electron chi connectivity index (χ0n) is 24.6. The first-order valence-corrected chi connectivity index (χ1v) is 15.3. The first kappa shape index (κ1) is 30.6. The van der Waals surface area contributed by atoms with Gasteiger partial charge in [-0.1, -0.05) is 12.1 Å². The Morgan fingerprint density at radius 3 is 2.71 bits per heavy atom. The van der Waals surface area contributed by atoms with E-state index in [4.69, 9.17) is 15.9 Å². The largest absolute Gasteiger partial charge is 0.466 e. The highest BCUT2D eigenvalue weighted by atomic mass is 16.5. The van der Waals surface area contributed by atoms with Crippen LogP contribution in [0.15, 0.2) is 24.3 Å². The summed E-state index contributed by atoms with van der Waals surface area (Å²) < 4.78 is 7.25. The molecular formula is C31H46N6O4. The van der Waals surface area contributed by atoms with Crippen molar-refractivity contribution in [2.24, 2.45) is 5.73 Å². The zero-order chi connectivity index (χ0) is 29.4. The molecule has 2 aromatic rings. The van der Waals surface area contributed by atoms with Gasteiger partial charge in [-0.3, -0.25) is 19.8 Å². The van der Waals surface area contributed by atoms with Gasteiger partial charge in [-0.25, -0.2) is 0 Å². The fraction of sp³-hybridized carbons (Fsp3) is 0.613. The predicted molar refractivity (Wildman–Crippen MR) is 160 cm³/mol. The lowest BCUT2D eigenvalue weighted by molar-refractivity contribution is -0.143. The molecule has 1 aromatic carbocycles. The summed E-state index contributed by atoms with van der Waals surface area (Å²) in [6, 6.07) is 7.95. The molecule has 224 valence electrons. The molecule has 2 atom stereocenters. The van der Waals surface area contributed by atoms with Crippen molar-refractivity contribution >= 4 is 34.5 Å². The molecule has 2 fully saturated rings. The Morgan fingerprint density at radius 2 is 1.95 bits per heavy atom. The number of nitrogens with one attached hydrogen (secondary N) is 2. The Kier molecular flexibility index (Phi) is 10.8. The number of rotatable bonds is 13. The second-order valence-corrected chi connectivity index (χ2v) is 11.2. The van der Waals surface area contributed by atoms with Crippen LogP contribution in [-0.2, 0) is 32.1 Å². The lowest BCUT2D eigenvalue weighted by Gasteiger charge is -2.30. The Balaban J connectivity index is 1.33. The third-order valence-electron chi connectivity index (χ3n) is 8.41. The molecule has 4 N–H and O–H groups in total. The van der Waals surface area contributed by atoms with Crippen molar-refractivity contribution in [3.63, 3.8) is 0 Å². The van der Waals surface area contributed by atoms with Crippen molar-refractivity contribution in [1.29, 1.82) is 5.41 Å². The van der Waals surface area contributed by atoms with E-state index in [1.54, 1.807) is 11.8 Å². The topological polar surface area (TPSA) is 134 Å². The predicted octanol–water partition coefficient (Wildman–Crippen LogP) is 3.18. The second-order valence-electron chi connectivity index (χ2n) is 11.2. The van der Waals surface area contributed by atoms with Crippen molar-refractivity contribution in [3.05, 3.63) is 35.5 Å². The van der Waals surface area contributed by atoms with E-state index in [0.29, 0.717) is 32.5 Å². The number of fused-ring (bicyclic) bond motifs is 1. The molecule has 1 aromatic heterocycles. The number of amides is 2. The molecule has 2 aliphatic rings. The van der Waals surface area contributed by atoms with Crippen molar-refractivity contribution in [2.75, 3.05) is 32.8 Å². The molecule has 0 bridgehead atoms. The summed E-state index contributed by atoms with van der Waals surface area (Å²) in [5.74, 6) is -0.130. The molecule has 2 aliphatic heterocycles. The van der Waals surface area contributed by atoms with Crippen LogP contribution in [-0.4, -0.2) is 82.9 Å². The van der Waals surface area contributed by atoms with Crippen LogP contribution in [0.1, 0.15) is 76.5 Å². The Hall–Kier alpha value is -3.40. The van der Waals surface area contributed by atoms with Crippen LogP contribution >= 0.6 is 0 Å². The molecule has 0 unspecified atom stereocenters. The number of nitrogens with zero attached hydrogens (tertiary/aromatic N) is 3. The summed E-state index contributed by atoms with van der Waals surface area (Å²) in [5, 5.41) is 12.2. The molecule has 3 heterocycles. The smallest absolute Gasteiger partial charge is 0.305 e. The molecule has 10 nitrogen and oxygen atoms in total. The highest BCUT2D eigenvalue weighted by molar-refractivity contribution is 5.98. The van der Waals surface area contributed by atoms with Gasteiger partial charge in [0.2, 0.25) is 11.8 Å². The average Bonchev–Trinajstić information content (AvgIpc) is 3.53. The number of hydrogen-bond donors (Lipinski definition) is 3. The van der Waals surface area contributed by atoms with Gasteiger partial charge in [0.25, 0.3) is 0 Å². The first-order chi connectivity index (χ1) is 19.8. The normalized spacial score (nSPS) is 19.5. The van der Waals surface area contributed by atoms with Crippen molar-refractivity contribution < 1.29 is 19.1 Å². The minimum Gasteiger partial charge on any atom is -0.466 e. The molecule has 0 aliphatic carbocycles. The van der Waals surface area contributed by atoms with E-state index in [9.17, 15) is 14.4 Å². The number of ether oxygens (including phenoxy) is 1. The van der Waals surface area contributed by atoms with Gasteiger partial charge < -0.3 is 30.2 Å². The second kappa shape index (κ2) is 14.5. The number of carbonyl (C=O) groups is 3. The van der Waals surface area contributed by atoms with E-state index in [1.165, 1.54) is 5.69 Å². The van der Waals surface area contributed by atoms with E-state index in [0.717, 1.165) is 74.5 Å². The van der Waals surface area contributed by atoms with Crippen LogP contribution in [0.4, 0.5) is 0 Å². The summed E-state index contributed by atoms with van der Waals surface area (Å²) in [6.45, 7) is 7.13. The fourth-order valence-electron chi connectivity index (χ4n) is 6.29. The molecule has 2 saturated heterocycles. The highest BCUT2D eigenvalue weighted by Gasteiger charge is 2.33. The summed E-state index contributed by atoms with van der Waals surface area (Å²) in [4.78, 5) is 42.1. The van der Waals surface area contributed by atoms with Crippen molar-refractivity contribution in [1.82, 2.24) is 19.7 Å². The highest BCUT2D eigenvalue weighted by Crippen LogP contribution is 2.26. The van der Waals surface area contributed by atoms with Gasteiger partial charge in [0.1, 0.15) is 5.84 Å². The maximum Gasteiger partial charge on any atom is 0.305 e. The van der Waals surface area contributed by atoms with E-state index < -0.39 is 0 Å². The number of nitrogens with two attached hydrogens (primary N) is 1. The van der Waals surface area contributed by atoms with Crippen LogP contribution < -0.4 is 11.1 Å². The maximum absolute atomic E-state index is 13.5. The third-order valence-corrected chi connectivity index (χ3v) is 8.41. The number of carbonyl (C=O) groups excluding carboxylic acids is 3. The van der Waals surface area contributed by atoms with Crippen LogP contribution in [0.5, 0.6) is 0 Å². The average molecular weight is 567 g/mol.